The van der Waals surface area contributed by atoms with Crippen molar-refractivity contribution >= 4 is 29.3 Å². The van der Waals surface area contributed by atoms with Gasteiger partial charge in [-0.1, -0.05) is 18.0 Å². The summed E-state index contributed by atoms with van der Waals surface area (Å²) in [5, 5.41) is 9.58. The minimum absolute atomic E-state index is 0.299. The van der Waals surface area contributed by atoms with E-state index in [0.717, 1.165) is 12.8 Å². The van der Waals surface area contributed by atoms with Crippen molar-refractivity contribution in [1.82, 2.24) is 4.90 Å². The lowest BCUT2D eigenvalue weighted by atomic mass is 9.85. The predicted octanol–water partition coefficient (Wildman–Crippen LogP) is 3.08. The van der Waals surface area contributed by atoms with Crippen LogP contribution in [0.1, 0.15) is 19.3 Å². The number of carboxylic acids is 1. The molecule has 1 saturated carbocycles. The Labute approximate surface area is 129 Å². The first-order valence-corrected chi connectivity index (χ1v) is 7.35. The van der Waals surface area contributed by atoms with Crippen LogP contribution >= 0.6 is 11.6 Å². The number of urea groups is 1. The molecule has 1 fully saturated rings. The second kappa shape index (κ2) is 6.80. The van der Waals surface area contributed by atoms with Gasteiger partial charge >= 0.3 is 12.0 Å². The highest BCUT2D eigenvalue weighted by Crippen LogP contribution is 2.27. The summed E-state index contributed by atoms with van der Waals surface area (Å²) in [6.07, 6.45) is 3.48. The van der Waals surface area contributed by atoms with Crippen LogP contribution in [0.2, 0.25) is 5.02 Å². The second-order valence-corrected chi connectivity index (χ2v) is 5.85. The van der Waals surface area contributed by atoms with Crippen molar-refractivity contribution < 1.29 is 14.7 Å². The molecule has 0 heterocycles. The van der Waals surface area contributed by atoms with E-state index in [2.05, 4.69) is 0 Å². The van der Waals surface area contributed by atoms with Gasteiger partial charge in [0.2, 0.25) is 0 Å². The summed E-state index contributed by atoms with van der Waals surface area (Å²) in [6.45, 7) is 0.304. The maximum atomic E-state index is 12.5. The van der Waals surface area contributed by atoms with Crippen LogP contribution in [0.15, 0.2) is 24.3 Å². The first-order chi connectivity index (χ1) is 9.97. The van der Waals surface area contributed by atoms with Crippen LogP contribution in [0.5, 0.6) is 0 Å². The number of carboxylic acid groups (broad SMARTS) is 1. The lowest BCUT2D eigenvalue weighted by Crippen LogP contribution is -2.46. The zero-order valence-corrected chi connectivity index (χ0v) is 12.7. The molecule has 0 spiro atoms. The van der Waals surface area contributed by atoms with Crippen LogP contribution in [-0.2, 0) is 4.79 Å². The zero-order chi connectivity index (χ0) is 15.4. The topological polar surface area (TPSA) is 60.9 Å². The fraction of sp³-hybridized carbons (Fsp3) is 0.467. The van der Waals surface area contributed by atoms with Crippen LogP contribution in [-0.4, -0.2) is 42.1 Å². The van der Waals surface area contributed by atoms with Crippen molar-refractivity contribution in [2.24, 2.45) is 5.92 Å². The Morgan fingerprint density at radius 3 is 2.38 bits per heavy atom. The molecular formula is C15H19ClN2O3. The van der Waals surface area contributed by atoms with Crippen molar-refractivity contribution in [2.75, 3.05) is 25.0 Å². The van der Waals surface area contributed by atoms with E-state index in [1.54, 1.807) is 36.2 Å². The van der Waals surface area contributed by atoms with E-state index >= 15 is 0 Å². The van der Waals surface area contributed by atoms with E-state index in [-0.39, 0.29) is 12.6 Å². The van der Waals surface area contributed by atoms with Crippen molar-refractivity contribution in [3.8, 4) is 0 Å². The molecule has 1 aliphatic carbocycles. The van der Waals surface area contributed by atoms with Gasteiger partial charge in [-0.05, 0) is 43.0 Å². The number of anilines is 1. The van der Waals surface area contributed by atoms with Crippen LogP contribution in [0, 0.1) is 5.92 Å². The van der Waals surface area contributed by atoms with Gasteiger partial charge in [0.25, 0.3) is 0 Å². The second-order valence-electron chi connectivity index (χ2n) is 5.42. The third kappa shape index (κ3) is 4.11. The minimum Gasteiger partial charge on any atom is -0.480 e. The lowest BCUT2D eigenvalue weighted by Gasteiger charge is -2.33. The summed E-state index contributed by atoms with van der Waals surface area (Å²) < 4.78 is 0. The first kappa shape index (κ1) is 15.6. The monoisotopic (exact) mass is 310 g/mol. The first-order valence-electron chi connectivity index (χ1n) is 6.97. The van der Waals surface area contributed by atoms with Gasteiger partial charge in [0.05, 0.1) is 0 Å². The molecule has 1 aromatic carbocycles. The van der Waals surface area contributed by atoms with Crippen LogP contribution in [0.3, 0.4) is 0 Å². The largest absolute Gasteiger partial charge is 0.480 e. The smallest absolute Gasteiger partial charge is 0.324 e. The highest BCUT2D eigenvalue weighted by Gasteiger charge is 2.26. The molecule has 0 saturated heterocycles. The molecule has 2 rings (SSSR count). The van der Waals surface area contributed by atoms with Crippen molar-refractivity contribution in [2.45, 2.75) is 19.3 Å². The molecular weight excluding hydrogens is 292 g/mol. The standard InChI is InChI=1S/C15H19ClN2O3/c1-17(9-11-3-2-4-11)15(21)18(10-14(19)20)13-7-5-12(16)6-8-13/h5-8,11H,2-4,9-10H2,1H3,(H,19,20). The summed E-state index contributed by atoms with van der Waals surface area (Å²) in [5.74, 6) is -0.508. The highest BCUT2D eigenvalue weighted by atomic mass is 35.5. The Hall–Kier alpha value is -1.75. The number of hydrogen-bond acceptors (Lipinski definition) is 2. The van der Waals surface area contributed by atoms with Gasteiger partial charge in [-0.15, -0.1) is 0 Å². The summed E-state index contributed by atoms with van der Waals surface area (Å²) in [4.78, 5) is 26.4. The molecule has 0 radical (unpaired) electrons. The summed E-state index contributed by atoms with van der Waals surface area (Å²) in [5.41, 5.74) is 0.534. The molecule has 0 unspecified atom stereocenters. The number of aliphatic carboxylic acids is 1. The Balaban J connectivity index is 2.11. The van der Waals surface area contributed by atoms with Crippen molar-refractivity contribution in [3.05, 3.63) is 29.3 Å². The molecule has 6 heteroatoms. The maximum absolute atomic E-state index is 12.5. The molecule has 21 heavy (non-hydrogen) atoms. The zero-order valence-electron chi connectivity index (χ0n) is 12.0. The number of benzene rings is 1. The fourth-order valence-corrected chi connectivity index (χ4v) is 2.50. The van der Waals surface area contributed by atoms with Crippen LogP contribution in [0.4, 0.5) is 10.5 Å². The Bertz CT molecular complexity index is 514. The lowest BCUT2D eigenvalue weighted by molar-refractivity contribution is -0.135. The Morgan fingerprint density at radius 1 is 1.29 bits per heavy atom. The highest BCUT2D eigenvalue weighted by molar-refractivity contribution is 6.30. The number of halogens is 1. The van der Waals surface area contributed by atoms with Crippen LogP contribution < -0.4 is 4.90 Å². The molecule has 0 atom stereocenters. The minimum atomic E-state index is -1.05. The summed E-state index contributed by atoms with van der Waals surface area (Å²) in [7, 11) is 1.71. The molecule has 0 bridgehead atoms. The molecule has 1 aromatic rings. The molecule has 2 amide bonds. The normalized spacial score (nSPS) is 14.4. The third-order valence-electron chi connectivity index (χ3n) is 3.75. The number of carbonyl (C=O) groups is 2. The van der Waals surface area contributed by atoms with Gasteiger partial charge in [0, 0.05) is 24.3 Å². The third-order valence-corrected chi connectivity index (χ3v) is 4.00. The van der Waals surface area contributed by atoms with Gasteiger partial charge in [-0.2, -0.15) is 0 Å². The van der Waals surface area contributed by atoms with Gasteiger partial charge in [0.15, 0.2) is 0 Å². The SMILES string of the molecule is CN(CC1CCC1)C(=O)N(CC(=O)O)c1ccc(Cl)cc1. The summed E-state index contributed by atoms with van der Waals surface area (Å²) in [6, 6.07) is 6.29. The molecule has 114 valence electrons. The Morgan fingerprint density at radius 2 is 1.90 bits per heavy atom. The number of nitrogens with zero attached hydrogens (tertiary/aromatic N) is 2. The van der Waals surface area contributed by atoms with E-state index < -0.39 is 5.97 Å². The molecule has 0 aromatic heterocycles. The molecule has 1 aliphatic rings. The average molecular weight is 311 g/mol. The van der Waals surface area contributed by atoms with E-state index in [0.29, 0.717) is 23.2 Å². The Kier molecular flexibility index (Phi) is 5.07. The van der Waals surface area contributed by atoms with E-state index in [4.69, 9.17) is 16.7 Å². The van der Waals surface area contributed by atoms with Crippen molar-refractivity contribution in [3.63, 3.8) is 0 Å². The van der Waals surface area contributed by atoms with E-state index in [9.17, 15) is 9.59 Å². The molecule has 0 aliphatic heterocycles. The van der Waals surface area contributed by atoms with Gasteiger partial charge in [-0.25, -0.2) is 4.79 Å². The summed E-state index contributed by atoms with van der Waals surface area (Å²) >= 11 is 5.83. The molecule has 1 N–H and O–H groups in total. The fourth-order valence-electron chi connectivity index (χ4n) is 2.37. The number of hydrogen-bond donors (Lipinski definition) is 1. The van der Waals surface area contributed by atoms with Gasteiger partial charge < -0.3 is 10.0 Å². The number of rotatable bonds is 5. The van der Waals surface area contributed by atoms with Gasteiger partial charge in [-0.3, -0.25) is 9.69 Å². The predicted molar refractivity (Wildman–Crippen MR) is 81.8 cm³/mol. The van der Waals surface area contributed by atoms with Crippen LogP contribution in [0.25, 0.3) is 0 Å². The van der Waals surface area contributed by atoms with Gasteiger partial charge in [0.1, 0.15) is 6.54 Å². The molecule has 5 nitrogen and oxygen atoms in total. The van der Waals surface area contributed by atoms with E-state index in [1.807, 2.05) is 0 Å². The number of carbonyl (C=O) groups excluding carboxylic acids is 1. The number of amides is 2. The average Bonchev–Trinajstić information content (AvgIpc) is 2.40. The quantitative estimate of drug-likeness (QED) is 0.909. The maximum Gasteiger partial charge on any atom is 0.324 e. The van der Waals surface area contributed by atoms with Crippen molar-refractivity contribution in [1.29, 1.82) is 0 Å². The van der Waals surface area contributed by atoms with E-state index in [1.165, 1.54) is 11.3 Å².